The predicted octanol–water partition coefficient (Wildman–Crippen LogP) is 2.27. The third-order valence-electron chi connectivity index (χ3n) is 2.45. The van der Waals surface area contributed by atoms with Gasteiger partial charge in [-0.25, -0.2) is 4.98 Å². The van der Waals surface area contributed by atoms with Crippen molar-refractivity contribution >= 4 is 11.6 Å². The minimum absolute atomic E-state index is 0.115. The molecule has 0 aliphatic rings. The Morgan fingerprint density at radius 3 is 2.60 bits per heavy atom. The van der Waals surface area contributed by atoms with Gasteiger partial charge in [-0.1, -0.05) is 25.4 Å². The molecule has 0 aliphatic heterocycles. The highest BCUT2D eigenvalue weighted by molar-refractivity contribution is 6.30. The Labute approximate surface area is 93.8 Å². The van der Waals surface area contributed by atoms with Gasteiger partial charge in [0, 0.05) is 6.04 Å². The van der Waals surface area contributed by atoms with Crippen molar-refractivity contribution in [2.24, 2.45) is 0 Å². The van der Waals surface area contributed by atoms with E-state index >= 15 is 0 Å². The van der Waals surface area contributed by atoms with E-state index in [1.54, 1.807) is 4.57 Å². The lowest BCUT2D eigenvalue weighted by molar-refractivity contribution is 0.383. The van der Waals surface area contributed by atoms with Crippen LogP contribution in [0.3, 0.4) is 0 Å². The number of methoxy groups -OCH3 is 1. The van der Waals surface area contributed by atoms with E-state index in [1.807, 2.05) is 13.8 Å². The fourth-order valence-electron chi connectivity index (χ4n) is 1.54. The van der Waals surface area contributed by atoms with E-state index in [9.17, 15) is 4.79 Å². The summed E-state index contributed by atoms with van der Waals surface area (Å²) in [6, 6.07) is 0.149. The average molecular weight is 231 g/mol. The number of nitrogens with zero attached hydrogens (tertiary/aromatic N) is 2. The maximum absolute atomic E-state index is 11.9. The molecule has 15 heavy (non-hydrogen) atoms. The van der Waals surface area contributed by atoms with E-state index in [2.05, 4.69) is 4.98 Å². The molecular weight excluding hydrogens is 216 g/mol. The predicted molar refractivity (Wildman–Crippen MR) is 59.7 cm³/mol. The van der Waals surface area contributed by atoms with Gasteiger partial charge in [0.05, 0.1) is 13.4 Å². The van der Waals surface area contributed by atoms with Crippen LogP contribution in [-0.4, -0.2) is 16.7 Å². The average Bonchev–Trinajstić information content (AvgIpc) is 2.23. The van der Waals surface area contributed by atoms with Gasteiger partial charge in [0.2, 0.25) is 5.75 Å². The molecule has 0 bridgehead atoms. The Balaban J connectivity index is 3.27. The van der Waals surface area contributed by atoms with Crippen LogP contribution in [0.1, 0.15) is 32.7 Å². The molecule has 1 rings (SSSR count). The van der Waals surface area contributed by atoms with E-state index in [4.69, 9.17) is 16.3 Å². The smallest absolute Gasteiger partial charge is 0.297 e. The first kappa shape index (κ1) is 12.0. The van der Waals surface area contributed by atoms with Crippen molar-refractivity contribution in [2.45, 2.75) is 32.7 Å². The van der Waals surface area contributed by atoms with Crippen LogP contribution < -0.4 is 10.3 Å². The van der Waals surface area contributed by atoms with E-state index in [-0.39, 0.29) is 22.5 Å². The first-order valence-electron chi connectivity index (χ1n) is 4.96. The van der Waals surface area contributed by atoms with Crippen LogP contribution in [0.5, 0.6) is 5.75 Å². The molecule has 0 radical (unpaired) electrons. The molecule has 84 valence electrons. The van der Waals surface area contributed by atoms with Crippen molar-refractivity contribution in [3.63, 3.8) is 0 Å². The summed E-state index contributed by atoms with van der Waals surface area (Å²) in [7, 11) is 1.42. The van der Waals surface area contributed by atoms with E-state index in [0.29, 0.717) is 0 Å². The summed E-state index contributed by atoms with van der Waals surface area (Å²) < 4.78 is 6.50. The quantitative estimate of drug-likeness (QED) is 0.746. The summed E-state index contributed by atoms with van der Waals surface area (Å²) in [5, 5.41) is 0.115. The van der Waals surface area contributed by atoms with Gasteiger partial charge < -0.3 is 4.74 Å². The molecule has 4 nitrogen and oxygen atoms in total. The number of hydrogen-bond donors (Lipinski definition) is 0. The summed E-state index contributed by atoms with van der Waals surface area (Å²) in [6.45, 7) is 4.06. The van der Waals surface area contributed by atoms with Gasteiger partial charge in [-0.2, -0.15) is 0 Å². The van der Waals surface area contributed by atoms with Gasteiger partial charge in [-0.05, 0) is 12.8 Å². The molecule has 0 spiro atoms. The second-order valence-corrected chi connectivity index (χ2v) is 3.61. The van der Waals surface area contributed by atoms with E-state index < -0.39 is 0 Å². The molecule has 0 aliphatic carbocycles. The first-order chi connectivity index (χ1) is 7.15. The second-order valence-electron chi connectivity index (χ2n) is 3.25. The Morgan fingerprint density at radius 1 is 1.53 bits per heavy atom. The second kappa shape index (κ2) is 5.16. The SMILES string of the molecule is CCC(CC)n1cnc(Cl)c(OC)c1=O. The normalized spacial score (nSPS) is 10.7. The lowest BCUT2D eigenvalue weighted by atomic mass is 10.2. The van der Waals surface area contributed by atoms with E-state index in [1.165, 1.54) is 13.4 Å². The number of halogens is 1. The van der Waals surface area contributed by atoms with Crippen LogP contribution in [0, 0.1) is 0 Å². The fraction of sp³-hybridized carbons (Fsp3) is 0.600. The van der Waals surface area contributed by atoms with Crippen molar-refractivity contribution in [3.05, 3.63) is 21.8 Å². The zero-order chi connectivity index (χ0) is 11.4. The van der Waals surface area contributed by atoms with E-state index in [0.717, 1.165) is 12.8 Å². The van der Waals surface area contributed by atoms with Crippen LogP contribution >= 0.6 is 11.6 Å². The number of hydrogen-bond acceptors (Lipinski definition) is 3. The number of ether oxygens (including phenoxy) is 1. The molecule has 0 fully saturated rings. The summed E-state index contributed by atoms with van der Waals surface area (Å²) in [4.78, 5) is 15.8. The van der Waals surface area contributed by atoms with Crippen molar-refractivity contribution in [2.75, 3.05) is 7.11 Å². The minimum Gasteiger partial charge on any atom is -0.489 e. The number of rotatable bonds is 4. The summed E-state index contributed by atoms with van der Waals surface area (Å²) in [5.74, 6) is 0.117. The molecule has 5 heteroatoms. The summed E-state index contributed by atoms with van der Waals surface area (Å²) >= 11 is 5.74. The molecule has 0 saturated carbocycles. The Kier molecular flexibility index (Phi) is 4.15. The lowest BCUT2D eigenvalue weighted by Crippen LogP contribution is -2.25. The standard InChI is InChI=1S/C10H15ClN2O2/c1-4-7(5-2)13-6-12-9(11)8(15-3)10(13)14/h6-7H,4-5H2,1-3H3. The topological polar surface area (TPSA) is 44.1 Å². The highest BCUT2D eigenvalue weighted by atomic mass is 35.5. The largest absolute Gasteiger partial charge is 0.489 e. The van der Waals surface area contributed by atoms with Crippen molar-refractivity contribution in [3.8, 4) is 5.75 Å². The molecule has 1 heterocycles. The molecule has 0 unspecified atom stereocenters. The Hall–Kier alpha value is -1.03. The maximum atomic E-state index is 11.9. The van der Waals surface area contributed by atoms with Crippen LogP contribution in [0.4, 0.5) is 0 Å². The van der Waals surface area contributed by atoms with Gasteiger partial charge in [-0.15, -0.1) is 0 Å². The Morgan fingerprint density at radius 2 is 2.13 bits per heavy atom. The third-order valence-corrected chi connectivity index (χ3v) is 2.72. The highest BCUT2D eigenvalue weighted by Gasteiger charge is 2.14. The Bertz CT molecular complexity index is 385. The van der Waals surface area contributed by atoms with Crippen LogP contribution in [0.2, 0.25) is 5.15 Å². The van der Waals surface area contributed by atoms with Crippen LogP contribution in [0.15, 0.2) is 11.1 Å². The zero-order valence-corrected chi connectivity index (χ0v) is 9.91. The molecule has 0 aromatic carbocycles. The molecule has 1 aromatic heterocycles. The maximum Gasteiger partial charge on any atom is 0.297 e. The molecule has 0 saturated heterocycles. The van der Waals surface area contributed by atoms with Crippen LogP contribution in [-0.2, 0) is 0 Å². The van der Waals surface area contributed by atoms with Gasteiger partial charge in [0.1, 0.15) is 0 Å². The molecule has 0 N–H and O–H groups in total. The van der Waals surface area contributed by atoms with Crippen LogP contribution in [0.25, 0.3) is 0 Å². The number of aromatic nitrogens is 2. The molecular formula is C10H15ClN2O2. The molecule has 0 amide bonds. The van der Waals surface area contributed by atoms with Crippen molar-refractivity contribution in [1.29, 1.82) is 0 Å². The molecule has 1 aromatic rings. The fourth-order valence-corrected chi connectivity index (χ4v) is 1.74. The first-order valence-corrected chi connectivity index (χ1v) is 5.34. The van der Waals surface area contributed by atoms with Gasteiger partial charge in [0.25, 0.3) is 5.56 Å². The summed E-state index contributed by atoms with van der Waals surface area (Å²) in [6.07, 6.45) is 3.23. The molecule has 0 atom stereocenters. The monoisotopic (exact) mass is 230 g/mol. The third kappa shape index (κ3) is 2.31. The van der Waals surface area contributed by atoms with Gasteiger partial charge >= 0.3 is 0 Å². The zero-order valence-electron chi connectivity index (χ0n) is 9.16. The van der Waals surface area contributed by atoms with Gasteiger partial charge in [0.15, 0.2) is 5.15 Å². The highest BCUT2D eigenvalue weighted by Crippen LogP contribution is 2.18. The van der Waals surface area contributed by atoms with Crippen molar-refractivity contribution < 1.29 is 4.74 Å². The van der Waals surface area contributed by atoms with Crippen molar-refractivity contribution in [1.82, 2.24) is 9.55 Å². The summed E-state index contributed by atoms with van der Waals surface area (Å²) in [5.41, 5.74) is -0.216. The minimum atomic E-state index is -0.216. The van der Waals surface area contributed by atoms with Gasteiger partial charge in [-0.3, -0.25) is 9.36 Å². The lowest BCUT2D eigenvalue weighted by Gasteiger charge is -2.16.